The van der Waals surface area contributed by atoms with E-state index in [1.807, 2.05) is 35.0 Å². The number of halogens is 3. The monoisotopic (exact) mass is 430 g/mol. The van der Waals surface area contributed by atoms with Crippen LogP contribution in [0.5, 0.6) is 17.5 Å². The van der Waals surface area contributed by atoms with Gasteiger partial charge in [0.05, 0.1) is 5.56 Å². The molecule has 0 bridgehead atoms. The van der Waals surface area contributed by atoms with E-state index in [2.05, 4.69) is 9.97 Å². The van der Waals surface area contributed by atoms with Crippen LogP contribution in [0.25, 0.3) is 0 Å². The second kappa shape index (κ2) is 10.4. The zero-order valence-corrected chi connectivity index (χ0v) is 16.4. The van der Waals surface area contributed by atoms with Crippen LogP contribution in [0.3, 0.4) is 0 Å². The van der Waals surface area contributed by atoms with E-state index in [4.69, 9.17) is 9.47 Å². The quantitative estimate of drug-likeness (QED) is 0.357. The summed E-state index contributed by atoms with van der Waals surface area (Å²) in [6, 6.07) is 17.2. The minimum atomic E-state index is -4.42. The van der Waals surface area contributed by atoms with Crippen molar-refractivity contribution in [3.8, 4) is 17.5 Å². The average Bonchev–Trinajstić information content (AvgIpc) is 3.28. The highest BCUT2D eigenvalue weighted by atomic mass is 32.1. The molecule has 0 aliphatic carbocycles. The fourth-order valence-corrected chi connectivity index (χ4v) is 2.89. The molecule has 4 aromatic rings. The van der Waals surface area contributed by atoms with Gasteiger partial charge in [-0.3, -0.25) is 4.98 Å². The van der Waals surface area contributed by atoms with Crippen LogP contribution in [0.4, 0.5) is 13.2 Å². The van der Waals surface area contributed by atoms with Crippen molar-refractivity contribution in [1.29, 1.82) is 0 Å². The number of hydrogen-bond acceptors (Lipinski definition) is 5. The standard InChI is InChI=1S/C17H12F3NO2S.C5H5N/c18-17(19,20)13-3-1-4-14(9-13)23-16-6-2-5-15(21-16)22-10-12-7-8-24-11-12;1-2-4-6-5-3-1/h1-9,11H,10H2;1-5H. The van der Waals surface area contributed by atoms with Crippen LogP contribution in [0.2, 0.25) is 0 Å². The number of aromatic nitrogens is 2. The molecule has 3 aromatic heterocycles. The van der Waals surface area contributed by atoms with Gasteiger partial charge in [-0.1, -0.05) is 18.2 Å². The lowest BCUT2D eigenvalue weighted by Gasteiger charge is -2.10. The Labute approximate surface area is 175 Å². The Morgan fingerprint density at radius 1 is 0.867 bits per heavy atom. The molecule has 3 heterocycles. The molecular weight excluding hydrogens is 413 g/mol. The maximum atomic E-state index is 12.7. The van der Waals surface area contributed by atoms with E-state index in [1.54, 1.807) is 41.9 Å². The largest absolute Gasteiger partial charge is 0.473 e. The van der Waals surface area contributed by atoms with Crippen molar-refractivity contribution in [2.24, 2.45) is 0 Å². The second-order valence-electron chi connectivity index (χ2n) is 5.89. The Morgan fingerprint density at radius 2 is 1.63 bits per heavy atom. The summed E-state index contributed by atoms with van der Waals surface area (Å²) in [5.41, 5.74) is 0.246. The van der Waals surface area contributed by atoms with Crippen molar-refractivity contribution in [2.45, 2.75) is 12.8 Å². The van der Waals surface area contributed by atoms with Crippen LogP contribution in [0.15, 0.2) is 89.9 Å². The van der Waals surface area contributed by atoms with E-state index < -0.39 is 11.7 Å². The first-order valence-corrected chi connectivity index (χ1v) is 9.76. The molecule has 154 valence electrons. The van der Waals surface area contributed by atoms with Gasteiger partial charge in [-0.15, -0.1) is 0 Å². The highest BCUT2D eigenvalue weighted by Crippen LogP contribution is 2.32. The van der Waals surface area contributed by atoms with Crippen molar-refractivity contribution >= 4 is 11.3 Å². The van der Waals surface area contributed by atoms with Crippen molar-refractivity contribution in [3.63, 3.8) is 0 Å². The van der Waals surface area contributed by atoms with Gasteiger partial charge < -0.3 is 9.47 Å². The van der Waals surface area contributed by atoms with Crippen LogP contribution in [-0.2, 0) is 12.8 Å². The number of pyridine rings is 2. The summed E-state index contributed by atoms with van der Waals surface area (Å²) >= 11 is 1.57. The van der Waals surface area contributed by atoms with E-state index in [0.29, 0.717) is 12.5 Å². The van der Waals surface area contributed by atoms with Gasteiger partial charge in [-0.25, -0.2) is 0 Å². The Kier molecular flexibility index (Phi) is 7.40. The normalized spacial score (nSPS) is 10.6. The molecule has 0 spiro atoms. The van der Waals surface area contributed by atoms with Crippen molar-refractivity contribution in [3.05, 3.63) is 101 Å². The first-order valence-electron chi connectivity index (χ1n) is 8.82. The van der Waals surface area contributed by atoms with E-state index in [0.717, 1.165) is 17.7 Å². The van der Waals surface area contributed by atoms with Crippen LogP contribution in [-0.4, -0.2) is 9.97 Å². The molecule has 4 rings (SSSR count). The van der Waals surface area contributed by atoms with E-state index in [-0.39, 0.29) is 11.6 Å². The third-order valence-electron chi connectivity index (χ3n) is 3.62. The van der Waals surface area contributed by atoms with E-state index in [9.17, 15) is 13.2 Å². The molecule has 1 aromatic carbocycles. The minimum absolute atomic E-state index is 0.0623. The first kappa shape index (κ1) is 21.3. The summed E-state index contributed by atoms with van der Waals surface area (Å²) in [4.78, 5) is 7.92. The number of hydrogen-bond donors (Lipinski definition) is 0. The zero-order valence-electron chi connectivity index (χ0n) is 15.6. The first-order chi connectivity index (χ1) is 14.5. The lowest BCUT2D eigenvalue weighted by molar-refractivity contribution is -0.137. The second-order valence-corrected chi connectivity index (χ2v) is 6.67. The predicted molar refractivity (Wildman–Crippen MR) is 109 cm³/mol. The summed E-state index contributed by atoms with van der Waals surface area (Å²) in [5, 5.41) is 3.91. The molecule has 0 radical (unpaired) electrons. The summed E-state index contributed by atoms with van der Waals surface area (Å²) in [6.07, 6.45) is -0.918. The highest BCUT2D eigenvalue weighted by molar-refractivity contribution is 7.07. The van der Waals surface area contributed by atoms with Crippen LogP contribution >= 0.6 is 11.3 Å². The van der Waals surface area contributed by atoms with Crippen LogP contribution in [0.1, 0.15) is 11.1 Å². The van der Waals surface area contributed by atoms with Crippen molar-refractivity contribution < 1.29 is 22.6 Å². The highest BCUT2D eigenvalue weighted by Gasteiger charge is 2.30. The molecule has 4 nitrogen and oxygen atoms in total. The number of benzene rings is 1. The Bertz CT molecular complexity index is 999. The van der Waals surface area contributed by atoms with Gasteiger partial charge in [0.25, 0.3) is 0 Å². The molecule has 30 heavy (non-hydrogen) atoms. The maximum absolute atomic E-state index is 12.7. The number of alkyl halides is 3. The lowest BCUT2D eigenvalue weighted by Crippen LogP contribution is -2.04. The Hall–Kier alpha value is -3.39. The molecule has 0 aliphatic heterocycles. The van der Waals surface area contributed by atoms with Crippen molar-refractivity contribution in [2.75, 3.05) is 0 Å². The Balaban J connectivity index is 0.000000367. The molecule has 0 atom stereocenters. The molecular formula is C22H17F3N2O2S. The minimum Gasteiger partial charge on any atom is -0.473 e. The summed E-state index contributed by atoms with van der Waals surface area (Å²) in [6.45, 7) is 0.365. The Morgan fingerprint density at radius 3 is 2.27 bits per heavy atom. The zero-order chi connectivity index (χ0) is 21.2. The molecule has 0 unspecified atom stereocenters. The van der Waals surface area contributed by atoms with Crippen LogP contribution in [0, 0.1) is 0 Å². The van der Waals surface area contributed by atoms with Gasteiger partial charge in [-0.05, 0) is 47.2 Å². The molecule has 0 fully saturated rings. The number of thiophene rings is 1. The topological polar surface area (TPSA) is 44.2 Å². The van der Waals surface area contributed by atoms with E-state index >= 15 is 0 Å². The van der Waals surface area contributed by atoms with Gasteiger partial charge in [0.1, 0.15) is 12.4 Å². The number of rotatable bonds is 5. The summed E-state index contributed by atoms with van der Waals surface area (Å²) < 4.78 is 49.1. The van der Waals surface area contributed by atoms with Gasteiger partial charge >= 0.3 is 6.18 Å². The number of nitrogens with zero attached hydrogens (tertiary/aromatic N) is 2. The lowest BCUT2D eigenvalue weighted by atomic mass is 10.2. The van der Waals surface area contributed by atoms with Gasteiger partial charge in [-0.2, -0.15) is 29.5 Å². The third-order valence-corrected chi connectivity index (χ3v) is 4.35. The van der Waals surface area contributed by atoms with E-state index in [1.165, 1.54) is 12.1 Å². The maximum Gasteiger partial charge on any atom is 0.416 e. The van der Waals surface area contributed by atoms with Crippen LogP contribution < -0.4 is 9.47 Å². The van der Waals surface area contributed by atoms with Gasteiger partial charge in [0.2, 0.25) is 11.8 Å². The summed E-state index contributed by atoms with van der Waals surface area (Å²) in [5.74, 6) is 0.565. The molecule has 8 heteroatoms. The fraction of sp³-hybridized carbons (Fsp3) is 0.0909. The van der Waals surface area contributed by atoms with Crippen molar-refractivity contribution in [1.82, 2.24) is 9.97 Å². The molecule has 0 saturated heterocycles. The molecule has 0 saturated carbocycles. The number of ether oxygens (including phenoxy) is 2. The fourth-order valence-electron chi connectivity index (χ4n) is 2.23. The predicted octanol–water partition coefficient (Wildman–Crippen LogP) is 6.61. The third kappa shape index (κ3) is 6.89. The summed E-state index contributed by atoms with van der Waals surface area (Å²) in [7, 11) is 0. The average molecular weight is 430 g/mol. The molecule has 0 aliphatic rings. The molecule has 0 N–H and O–H groups in total. The SMILES string of the molecule is FC(F)(F)c1cccc(Oc2cccc(OCc3ccsc3)n2)c1.c1ccncc1. The van der Waals surface area contributed by atoms with Gasteiger partial charge in [0, 0.05) is 30.1 Å². The molecule has 0 amide bonds. The van der Waals surface area contributed by atoms with Gasteiger partial charge in [0.15, 0.2) is 0 Å². The smallest absolute Gasteiger partial charge is 0.416 e.